The fourth-order valence-corrected chi connectivity index (χ4v) is 3.01. The van der Waals surface area contributed by atoms with E-state index >= 15 is 0 Å². The van der Waals surface area contributed by atoms with Crippen LogP contribution in [-0.4, -0.2) is 65.7 Å². The Hall–Kier alpha value is -0.650. The molecule has 0 radical (unpaired) electrons. The van der Waals surface area contributed by atoms with E-state index in [1.165, 1.54) is 0 Å². The molecule has 0 saturated carbocycles. The molecule has 0 bridgehead atoms. The van der Waals surface area contributed by atoms with E-state index in [2.05, 4.69) is 18.7 Å². The average molecular weight is 299 g/mol. The molecule has 21 heavy (non-hydrogen) atoms. The van der Waals surface area contributed by atoms with Crippen LogP contribution in [0.1, 0.15) is 40.5 Å². The van der Waals surface area contributed by atoms with Gasteiger partial charge in [0.2, 0.25) is 5.91 Å². The minimum absolute atomic E-state index is 0.231. The molecule has 0 unspecified atom stereocenters. The summed E-state index contributed by atoms with van der Waals surface area (Å²) in [7, 11) is 0. The maximum atomic E-state index is 12.3. The maximum Gasteiger partial charge on any atom is 0.222 e. The molecule has 1 aliphatic rings. The predicted molar refractivity (Wildman–Crippen MR) is 85.9 cm³/mol. The highest BCUT2D eigenvalue weighted by atomic mass is 16.3. The lowest BCUT2D eigenvalue weighted by Crippen LogP contribution is -2.52. The summed E-state index contributed by atoms with van der Waals surface area (Å²) in [5.41, 5.74) is 5.11. The Bertz CT molecular complexity index is 318. The quantitative estimate of drug-likeness (QED) is 0.733. The predicted octanol–water partition coefficient (Wildman–Crippen LogP) is 0.913. The van der Waals surface area contributed by atoms with Gasteiger partial charge >= 0.3 is 0 Å². The second-order valence-corrected chi connectivity index (χ2v) is 7.40. The van der Waals surface area contributed by atoms with Crippen molar-refractivity contribution in [1.29, 1.82) is 0 Å². The minimum atomic E-state index is -0.673. The van der Waals surface area contributed by atoms with Gasteiger partial charge in [-0.15, -0.1) is 0 Å². The number of β-amino-alcohol motifs (C(OH)–C–C–N with tert-alkyl or cyclic N) is 1. The third-order valence-electron chi connectivity index (χ3n) is 3.94. The zero-order chi connectivity index (χ0) is 16.0. The lowest BCUT2D eigenvalue weighted by Gasteiger charge is -2.37. The summed E-state index contributed by atoms with van der Waals surface area (Å²) in [5, 5.41) is 9.84. The molecule has 0 aromatic carbocycles. The highest BCUT2D eigenvalue weighted by Crippen LogP contribution is 2.17. The van der Waals surface area contributed by atoms with Crippen LogP contribution in [0.25, 0.3) is 0 Å². The molecule has 1 amide bonds. The van der Waals surface area contributed by atoms with E-state index in [1.807, 2.05) is 18.7 Å². The average Bonchev–Trinajstić information content (AvgIpc) is 2.36. The van der Waals surface area contributed by atoms with E-state index in [0.29, 0.717) is 31.3 Å². The highest BCUT2D eigenvalue weighted by molar-refractivity contribution is 5.76. The Morgan fingerprint density at radius 2 is 1.81 bits per heavy atom. The van der Waals surface area contributed by atoms with Crippen LogP contribution in [0.15, 0.2) is 0 Å². The van der Waals surface area contributed by atoms with Crippen molar-refractivity contribution >= 4 is 5.91 Å². The Morgan fingerprint density at radius 3 is 2.24 bits per heavy atom. The normalized spacial score (nSPS) is 19.1. The molecule has 1 aliphatic heterocycles. The maximum absolute atomic E-state index is 12.3. The van der Waals surface area contributed by atoms with Crippen molar-refractivity contribution in [3.63, 3.8) is 0 Å². The van der Waals surface area contributed by atoms with Crippen molar-refractivity contribution in [3.8, 4) is 0 Å². The Morgan fingerprint density at radius 1 is 1.24 bits per heavy atom. The molecule has 0 aromatic heterocycles. The number of carbonyl (C=O) groups is 1. The fraction of sp³-hybridized carbons (Fsp3) is 0.938. The second kappa shape index (κ2) is 8.11. The van der Waals surface area contributed by atoms with Gasteiger partial charge in [-0.25, -0.2) is 0 Å². The third kappa shape index (κ3) is 7.25. The van der Waals surface area contributed by atoms with Crippen molar-refractivity contribution in [2.75, 3.05) is 39.3 Å². The zero-order valence-corrected chi connectivity index (χ0v) is 14.1. The fourth-order valence-electron chi connectivity index (χ4n) is 3.01. The molecular weight excluding hydrogens is 266 g/mol. The second-order valence-electron chi connectivity index (χ2n) is 7.40. The first kappa shape index (κ1) is 18.4. The summed E-state index contributed by atoms with van der Waals surface area (Å²) in [5.74, 6) is 1.11. The van der Waals surface area contributed by atoms with E-state index in [-0.39, 0.29) is 5.91 Å². The van der Waals surface area contributed by atoms with Crippen molar-refractivity contribution in [2.45, 2.75) is 46.1 Å². The molecule has 3 N–H and O–H groups in total. The topological polar surface area (TPSA) is 69.8 Å². The van der Waals surface area contributed by atoms with Gasteiger partial charge in [0.05, 0.1) is 5.60 Å². The lowest BCUT2D eigenvalue weighted by atomic mass is 9.93. The van der Waals surface area contributed by atoms with E-state index in [4.69, 9.17) is 5.73 Å². The van der Waals surface area contributed by atoms with Gasteiger partial charge < -0.3 is 15.7 Å². The number of amides is 1. The molecule has 1 fully saturated rings. The largest absolute Gasteiger partial charge is 0.389 e. The first-order valence-electron chi connectivity index (χ1n) is 8.14. The summed E-state index contributed by atoms with van der Waals surface area (Å²) in [6.07, 6.45) is 1.58. The van der Waals surface area contributed by atoms with Gasteiger partial charge in [-0.3, -0.25) is 9.69 Å². The zero-order valence-electron chi connectivity index (χ0n) is 14.1. The van der Waals surface area contributed by atoms with Gasteiger partial charge in [0.1, 0.15) is 0 Å². The summed E-state index contributed by atoms with van der Waals surface area (Å²) >= 11 is 0. The van der Waals surface area contributed by atoms with Crippen LogP contribution in [0.5, 0.6) is 0 Å². The van der Waals surface area contributed by atoms with Crippen LogP contribution in [-0.2, 0) is 4.79 Å². The van der Waals surface area contributed by atoms with Gasteiger partial charge in [-0.1, -0.05) is 13.8 Å². The van der Waals surface area contributed by atoms with Gasteiger partial charge in [0.25, 0.3) is 0 Å². The molecule has 0 aromatic rings. The standard InChI is InChI=1S/C16H33N3O2/c1-13(2)9-14(11-17)10-15(20)19-7-5-18(6-8-19)12-16(3,4)21/h13-14,21H,5-12,17H2,1-4H3/t14-/m0/s1. The van der Waals surface area contributed by atoms with E-state index < -0.39 is 5.60 Å². The number of hydrogen-bond acceptors (Lipinski definition) is 4. The van der Waals surface area contributed by atoms with Crippen molar-refractivity contribution in [3.05, 3.63) is 0 Å². The van der Waals surface area contributed by atoms with Crippen LogP contribution < -0.4 is 5.73 Å². The summed E-state index contributed by atoms with van der Waals surface area (Å²) in [4.78, 5) is 16.5. The molecular formula is C16H33N3O2. The Labute approximate surface area is 129 Å². The van der Waals surface area contributed by atoms with Crippen molar-refractivity contribution in [2.24, 2.45) is 17.6 Å². The summed E-state index contributed by atoms with van der Waals surface area (Å²) < 4.78 is 0. The number of hydrogen-bond donors (Lipinski definition) is 2. The highest BCUT2D eigenvalue weighted by Gasteiger charge is 2.26. The van der Waals surface area contributed by atoms with E-state index in [1.54, 1.807) is 0 Å². The Kier molecular flexibility index (Phi) is 7.10. The monoisotopic (exact) mass is 299 g/mol. The number of nitrogens with zero attached hydrogens (tertiary/aromatic N) is 2. The smallest absolute Gasteiger partial charge is 0.222 e. The molecule has 0 spiro atoms. The Balaban J connectivity index is 2.37. The SMILES string of the molecule is CC(C)C[C@H](CN)CC(=O)N1CCN(CC(C)(C)O)CC1. The molecule has 0 aliphatic carbocycles. The van der Waals surface area contributed by atoms with Crippen LogP contribution in [0, 0.1) is 11.8 Å². The van der Waals surface area contributed by atoms with E-state index in [9.17, 15) is 9.90 Å². The summed E-state index contributed by atoms with van der Waals surface area (Å²) in [6.45, 7) is 12.4. The number of nitrogens with two attached hydrogens (primary N) is 1. The van der Waals surface area contributed by atoms with Gasteiger partial charge in [0, 0.05) is 39.1 Å². The molecule has 5 nitrogen and oxygen atoms in total. The van der Waals surface area contributed by atoms with Gasteiger partial charge in [-0.05, 0) is 38.6 Å². The molecule has 5 heteroatoms. The first-order chi connectivity index (χ1) is 9.71. The van der Waals surface area contributed by atoms with Gasteiger partial charge in [0.15, 0.2) is 0 Å². The molecule has 1 rings (SSSR count). The molecule has 1 atom stereocenters. The van der Waals surface area contributed by atoms with Crippen LogP contribution in [0.2, 0.25) is 0 Å². The lowest BCUT2D eigenvalue weighted by molar-refractivity contribution is -0.134. The molecule has 124 valence electrons. The molecule has 1 saturated heterocycles. The summed E-state index contributed by atoms with van der Waals surface area (Å²) in [6, 6.07) is 0. The number of aliphatic hydroxyl groups is 1. The number of piperazine rings is 1. The van der Waals surface area contributed by atoms with Gasteiger partial charge in [-0.2, -0.15) is 0 Å². The first-order valence-corrected chi connectivity index (χ1v) is 8.14. The minimum Gasteiger partial charge on any atom is -0.389 e. The van der Waals surface area contributed by atoms with Crippen molar-refractivity contribution < 1.29 is 9.90 Å². The van der Waals surface area contributed by atoms with Crippen LogP contribution in [0.3, 0.4) is 0 Å². The number of rotatable bonds is 7. The van der Waals surface area contributed by atoms with Crippen LogP contribution in [0.4, 0.5) is 0 Å². The van der Waals surface area contributed by atoms with Crippen molar-refractivity contribution in [1.82, 2.24) is 9.80 Å². The van der Waals surface area contributed by atoms with E-state index in [0.717, 1.165) is 32.6 Å². The number of carbonyl (C=O) groups excluding carboxylic acids is 1. The third-order valence-corrected chi connectivity index (χ3v) is 3.94. The molecule has 1 heterocycles. The van der Waals surface area contributed by atoms with Crippen LogP contribution >= 0.6 is 0 Å².